The Morgan fingerprint density at radius 1 is 1.47 bits per heavy atom. The number of nitrogens with one attached hydrogen (secondary N) is 1. The monoisotopic (exact) mass is 281 g/mol. The van der Waals surface area contributed by atoms with E-state index >= 15 is 0 Å². The van der Waals surface area contributed by atoms with Gasteiger partial charge in [0.05, 0.1) is 22.6 Å². The molecule has 100 valence electrons. The zero-order valence-electron chi connectivity index (χ0n) is 9.83. The normalized spacial score (nSPS) is 21.8. The van der Waals surface area contributed by atoms with Gasteiger partial charge < -0.3 is 10.1 Å². The summed E-state index contributed by atoms with van der Waals surface area (Å²) in [6, 6.07) is 1.45. The molecule has 1 unspecified atom stereocenters. The largest absolute Gasteiger partial charge is 0.478 e. The average Bonchev–Trinajstić information content (AvgIpc) is 2.90. The van der Waals surface area contributed by atoms with E-state index in [-0.39, 0.29) is 23.0 Å². The van der Waals surface area contributed by atoms with Crippen molar-refractivity contribution in [2.45, 2.75) is 12.3 Å². The van der Waals surface area contributed by atoms with Crippen LogP contribution in [0.4, 0.5) is 0 Å². The lowest BCUT2D eigenvalue weighted by atomic mass is 10.1. The summed E-state index contributed by atoms with van der Waals surface area (Å²) in [6.45, 7) is 0. The molecule has 0 amide bonds. The molecular weight excluding hydrogens is 270 g/mol. The summed E-state index contributed by atoms with van der Waals surface area (Å²) in [5, 5.41) is 8.88. The summed E-state index contributed by atoms with van der Waals surface area (Å²) in [5.74, 6) is -0.409. The predicted molar refractivity (Wildman–Crippen MR) is 66.9 cm³/mol. The highest BCUT2D eigenvalue weighted by molar-refractivity contribution is 7.91. The topological polar surface area (TPSA) is 113 Å². The van der Waals surface area contributed by atoms with Crippen molar-refractivity contribution in [3.05, 3.63) is 23.7 Å². The lowest BCUT2D eigenvalue weighted by molar-refractivity contribution is 0.0696. The molecule has 2 aromatic rings. The number of H-pyrrole nitrogens is 1. The number of aromatic amines is 1. The number of pyridine rings is 1. The second-order valence-electron chi connectivity index (χ2n) is 4.62. The quantitative estimate of drug-likeness (QED) is 0.831. The third kappa shape index (κ3) is 2.19. The summed E-state index contributed by atoms with van der Waals surface area (Å²) in [4.78, 5) is 22.0. The molecule has 1 aliphatic heterocycles. The Labute approximate surface area is 108 Å². The van der Waals surface area contributed by atoms with Gasteiger partial charge in [-0.25, -0.2) is 23.2 Å². The number of fused-ring (bicyclic) bond motifs is 1. The molecule has 0 aromatic carbocycles. The van der Waals surface area contributed by atoms with Gasteiger partial charge in [-0.2, -0.15) is 0 Å². The maximum atomic E-state index is 11.4. The van der Waals surface area contributed by atoms with Crippen LogP contribution in [0.3, 0.4) is 0 Å². The summed E-state index contributed by atoms with van der Waals surface area (Å²) in [7, 11) is -2.98. The molecule has 3 heterocycles. The van der Waals surface area contributed by atoms with Gasteiger partial charge in [-0.05, 0) is 12.5 Å². The molecule has 2 N–H and O–H groups in total. The lowest BCUT2D eigenvalue weighted by Gasteiger charge is -2.00. The number of carboxylic acids is 1. The molecule has 0 saturated carbocycles. The lowest BCUT2D eigenvalue weighted by Crippen LogP contribution is -2.04. The molecule has 0 radical (unpaired) electrons. The van der Waals surface area contributed by atoms with Crippen molar-refractivity contribution in [2.75, 3.05) is 11.5 Å². The average molecular weight is 281 g/mol. The van der Waals surface area contributed by atoms with Crippen molar-refractivity contribution in [1.29, 1.82) is 0 Å². The van der Waals surface area contributed by atoms with Crippen LogP contribution in [0.15, 0.2) is 12.3 Å². The first-order valence-electron chi connectivity index (χ1n) is 5.74. The van der Waals surface area contributed by atoms with Gasteiger partial charge in [-0.1, -0.05) is 0 Å². The van der Waals surface area contributed by atoms with Crippen LogP contribution in [-0.2, 0) is 9.84 Å². The number of hydrogen-bond donors (Lipinski definition) is 2. The third-order valence-electron chi connectivity index (χ3n) is 3.22. The summed E-state index contributed by atoms with van der Waals surface area (Å²) >= 11 is 0. The first kappa shape index (κ1) is 12.1. The molecule has 1 saturated heterocycles. The van der Waals surface area contributed by atoms with E-state index < -0.39 is 15.8 Å². The third-order valence-corrected chi connectivity index (χ3v) is 4.99. The second-order valence-corrected chi connectivity index (χ2v) is 6.85. The summed E-state index contributed by atoms with van der Waals surface area (Å²) < 4.78 is 22.9. The minimum absolute atomic E-state index is 0.0711. The van der Waals surface area contributed by atoms with Crippen LogP contribution in [0.25, 0.3) is 11.2 Å². The standard InChI is InChI=1S/C11H11N3O4S/c15-11(16)7-3-8-10(12-4-7)14-9(13-8)6-1-2-19(17,18)5-6/h3-4,6H,1-2,5H2,(H,15,16)(H,12,13,14). The van der Waals surface area contributed by atoms with E-state index in [2.05, 4.69) is 15.0 Å². The van der Waals surface area contributed by atoms with Crippen molar-refractivity contribution in [3.8, 4) is 0 Å². The molecule has 2 aromatic heterocycles. The number of imidazole rings is 1. The highest BCUT2D eigenvalue weighted by Gasteiger charge is 2.31. The zero-order valence-corrected chi connectivity index (χ0v) is 10.6. The van der Waals surface area contributed by atoms with Crippen LogP contribution in [0.1, 0.15) is 28.5 Å². The van der Waals surface area contributed by atoms with Crippen LogP contribution >= 0.6 is 0 Å². The maximum absolute atomic E-state index is 11.4. The van der Waals surface area contributed by atoms with E-state index in [0.717, 1.165) is 0 Å². The number of nitrogens with zero attached hydrogens (tertiary/aromatic N) is 2. The van der Waals surface area contributed by atoms with Crippen molar-refractivity contribution < 1.29 is 18.3 Å². The van der Waals surface area contributed by atoms with E-state index in [9.17, 15) is 13.2 Å². The highest BCUT2D eigenvalue weighted by Crippen LogP contribution is 2.28. The van der Waals surface area contributed by atoms with Crippen LogP contribution in [0, 0.1) is 0 Å². The molecular formula is C11H11N3O4S. The van der Waals surface area contributed by atoms with Gasteiger partial charge in [0.15, 0.2) is 15.5 Å². The number of sulfone groups is 1. The fourth-order valence-electron chi connectivity index (χ4n) is 2.24. The molecule has 7 nitrogen and oxygen atoms in total. The van der Waals surface area contributed by atoms with Crippen molar-refractivity contribution in [1.82, 2.24) is 15.0 Å². The van der Waals surface area contributed by atoms with Gasteiger partial charge in [-0.3, -0.25) is 0 Å². The molecule has 1 atom stereocenters. The Balaban J connectivity index is 2.00. The number of rotatable bonds is 2. The Morgan fingerprint density at radius 2 is 2.26 bits per heavy atom. The molecule has 3 rings (SSSR count). The van der Waals surface area contributed by atoms with Gasteiger partial charge >= 0.3 is 5.97 Å². The van der Waals surface area contributed by atoms with Crippen molar-refractivity contribution >= 4 is 27.0 Å². The van der Waals surface area contributed by atoms with Gasteiger partial charge in [0.25, 0.3) is 0 Å². The van der Waals surface area contributed by atoms with Crippen LogP contribution in [0.5, 0.6) is 0 Å². The number of carboxylic acid groups (broad SMARTS) is 1. The fraction of sp³-hybridized carbons (Fsp3) is 0.364. The Hall–Kier alpha value is -1.96. The predicted octanol–water partition coefficient (Wildman–Crippen LogP) is 0.558. The molecule has 1 aliphatic rings. The molecule has 1 fully saturated rings. The van der Waals surface area contributed by atoms with E-state index in [1.54, 1.807) is 0 Å². The van der Waals surface area contributed by atoms with Crippen molar-refractivity contribution in [3.63, 3.8) is 0 Å². The number of carbonyl (C=O) groups is 1. The van der Waals surface area contributed by atoms with Gasteiger partial charge in [0.1, 0.15) is 5.82 Å². The zero-order chi connectivity index (χ0) is 13.6. The van der Waals surface area contributed by atoms with Crippen LogP contribution in [0.2, 0.25) is 0 Å². The summed E-state index contributed by atoms with van der Waals surface area (Å²) in [5.41, 5.74) is 0.991. The first-order chi connectivity index (χ1) is 8.94. The second kappa shape index (κ2) is 4.02. The van der Waals surface area contributed by atoms with Crippen LogP contribution < -0.4 is 0 Å². The van der Waals surface area contributed by atoms with E-state index in [0.29, 0.717) is 23.4 Å². The number of aromatic carboxylic acids is 1. The van der Waals surface area contributed by atoms with E-state index in [1.807, 2.05) is 0 Å². The van der Waals surface area contributed by atoms with Crippen LogP contribution in [-0.4, -0.2) is 46.0 Å². The Morgan fingerprint density at radius 3 is 2.89 bits per heavy atom. The SMILES string of the molecule is O=C(O)c1cnc2nc(C3CCS(=O)(=O)C3)[nH]c2c1. The fourth-order valence-corrected chi connectivity index (χ4v) is 3.99. The molecule has 8 heteroatoms. The van der Waals surface area contributed by atoms with Gasteiger partial charge in [-0.15, -0.1) is 0 Å². The minimum Gasteiger partial charge on any atom is -0.478 e. The number of aromatic nitrogens is 3. The smallest absolute Gasteiger partial charge is 0.337 e. The summed E-state index contributed by atoms with van der Waals surface area (Å²) in [6.07, 6.45) is 1.77. The maximum Gasteiger partial charge on any atom is 0.337 e. The molecule has 19 heavy (non-hydrogen) atoms. The molecule has 0 bridgehead atoms. The van der Waals surface area contributed by atoms with Crippen molar-refractivity contribution in [2.24, 2.45) is 0 Å². The van der Waals surface area contributed by atoms with E-state index in [1.165, 1.54) is 12.3 Å². The molecule has 0 aliphatic carbocycles. The highest BCUT2D eigenvalue weighted by atomic mass is 32.2. The first-order valence-corrected chi connectivity index (χ1v) is 7.56. The Bertz CT molecular complexity index is 765. The molecule has 0 spiro atoms. The minimum atomic E-state index is -2.98. The van der Waals surface area contributed by atoms with Gasteiger partial charge in [0.2, 0.25) is 0 Å². The Kier molecular flexibility index (Phi) is 2.56. The number of hydrogen-bond acceptors (Lipinski definition) is 5. The van der Waals surface area contributed by atoms with E-state index in [4.69, 9.17) is 5.11 Å². The van der Waals surface area contributed by atoms with Gasteiger partial charge in [0, 0.05) is 12.1 Å².